The normalized spacial score (nSPS) is 14.6. The molecule has 1 fully saturated rings. The Morgan fingerprint density at radius 2 is 1.14 bits per heavy atom. The van der Waals surface area contributed by atoms with Crippen molar-refractivity contribution in [2.75, 3.05) is 37.7 Å². The lowest BCUT2D eigenvalue weighted by molar-refractivity contribution is -0.00389. The molecular formula is C36H43N7O7. The number of ketones is 2. The fraction of sp³-hybridized carbons (Fsp3) is 0.389. The maximum Gasteiger partial charge on any atom is 0.332 e. The van der Waals surface area contributed by atoms with E-state index in [1.165, 1.54) is 14.0 Å². The van der Waals surface area contributed by atoms with Crippen LogP contribution in [-0.2, 0) is 30.9 Å². The van der Waals surface area contributed by atoms with Crippen molar-refractivity contribution < 1.29 is 14.3 Å². The number of nitrogens with zero attached hydrogens (tertiary/aromatic N) is 5. The third-order valence-corrected chi connectivity index (χ3v) is 8.96. The van der Waals surface area contributed by atoms with Crippen molar-refractivity contribution in [2.45, 2.75) is 65.4 Å². The molecule has 2 aromatic heterocycles. The molecule has 14 heteroatoms. The second-order valence-electron chi connectivity index (χ2n) is 12.3. The molecule has 0 bridgehead atoms. The molecule has 50 heavy (non-hydrogen) atoms. The van der Waals surface area contributed by atoms with Crippen molar-refractivity contribution in [3.63, 3.8) is 0 Å². The summed E-state index contributed by atoms with van der Waals surface area (Å²) in [4.78, 5) is 83.2. The van der Waals surface area contributed by atoms with E-state index < -0.39 is 47.2 Å². The number of aromatic nitrogens is 4. The van der Waals surface area contributed by atoms with Gasteiger partial charge >= 0.3 is 11.4 Å². The van der Waals surface area contributed by atoms with E-state index in [4.69, 9.17) is 16.2 Å². The van der Waals surface area contributed by atoms with Crippen molar-refractivity contribution in [3.8, 4) is 0 Å². The standard InChI is InChI=1S/C36H43N7O7/c1-3-40-33(46)29(31(37)42(35(40)48)19-24-13-7-5-8-14-24)27(44)22-39(21-26-17-11-12-18-50-26)23-28(45)30-32(38)43(20-25-15-9-6-10-16-25)36(49)41(4-2)34(30)47/h5-10,13-16,26H,3-4,11-12,17-23,37-38H2,1-2H3. The van der Waals surface area contributed by atoms with Gasteiger partial charge in [0.15, 0.2) is 11.6 Å². The summed E-state index contributed by atoms with van der Waals surface area (Å²) in [5.74, 6) is -1.95. The molecule has 5 rings (SSSR count). The monoisotopic (exact) mass is 685 g/mol. The molecule has 3 heterocycles. The fourth-order valence-corrected chi connectivity index (χ4v) is 6.34. The Kier molecular flexibility index (Phi) is 11.4. The van der Waals surface area contributed by atoms with Crippen molar-refractivity contribution in [1.82, 2.24) is 23.2 Å². The first kappa shape index (κ1) is 36.0. The van der Waals surface area contributed by atoms with E-state index >= 15 is 0 Å². The molecule has 0 aliphatic carbocycles. The van der Waals surface area contributed by atoms with Crippen molar-refractivity contribution in [3.05, 3.63) is 125 Å². The average molecular weight is 686 g/mol. The van der Waals surface area contributed by atoms with Gasteiger partial charge < -0.3 is 16.2 Å². The minimum Gasteiger partial charge on any atom is -0.384 e. The first-order chi connectivity index (χ1) is 24.0. The van der Waals surface area contributed by atoms with Gasteiger partial charge in [0.25, 0.3) is 11.1 Å². The van der Waals surface area contributed by atoms with Crippen LogP contribution in [-0.4, -0.2) is 67.1 Å². The lowest BCUT2D eigenvalue weighted by Crippen LogP contribution is -2.48. The Hall–Kier alpha value is -5.34. The molecular weight excluding hydrogens is 642 g/mol. The second kappa shape index (κ2) is 15.9. The number of carbonyl (C=O) groups excluding carboxylic acids is 2. The van der Waals surface area contributed by atoms with Crippen LogP contribution < -0.4 is 34.0 Å². The zero-order valence-corrected chi connectivity index (χ0v) is 28.4. The van der Waals surface area contributed by atoms with E-state index in [9.17, 15) is 28.8 Å². The van der Waals surface area contributed by atoms with Gasteiger partial charge in [0.1, 0.15) is 22.8 Å². The summed E-state index contributed by atoms with van der Waals surface area (Å²) < 4.78 is 10.2. The minimum absolute atomic E-state index is 0.00675. The highest BCUT2D eigenvalue weighted by molar-refractivity contribution is 6.03. The number of nitrogen functional groups attached to an aromatic ring is 2. The first-order valence-corrected chi connectivity index (χ1v) is 16.8. The lowest BCUT2D eigenvalue weighted by Gasteiger charge is -2.29. The molecule has 1 saturated heterocycles. The van der Waals surface area contributed by atoms with E-state index in [0.717, 1.165) is 33.1 Å². The van der Waals surface area contributed by atoms with Crippen LogP contribution in [0, 0.1) is 0 Å². The van der Waals surface area contributed by atoms with Gasteiger partial charge in [-0.3, -0.25) is 42.3 Å². The number of hydrogen-bond acceptors (Lipinski definition) is 10. The molecule has 14 nitrogen and oxygen atoms in total. The van der Waals surface area contributed by atoms with E-state index in [-0.39, 0.29) is 61.6 Å². The number of rotatable bonds is 14. The molecule has 2 aromatic carbocycles. The molecule has 1 aliphatic rings. The molecule has 0 spiro atoms. The highest BCUT2D eigenvalue weighted by atomic mass is 16.5. The number of nitrogens with two attached hydrogens (primary N) is 2. The van der Waals surface area contributed by atoms with Crippen LogP contribution in [0.5, 0.6) is 0 Å². The van der Waals surface area contributed by atoms with Gasteiger partial charge in [-0.2, -0.15) is 0 Å². The van der Waals surface area contributed by atoms with Gasteiger partial charge in [-0.15, -0.1) is 0 Å². The van der Waals surface area contributed by atoms with Gasteiger partial charge in [0, 0.05) is 26.2 Å². The first-order valence-electron chi connectivity index (χ1n) is 16.8. The van der Waals surface area contributed by atoms with Crippen molar-refractivity contribution in [2.24, 2.45) is 0 Å². The molecule has 4 N–H and O–H groups in total. The molecule has 1 unspecified atom stereocenters. The highest BCUT2D eigenvalue weighted by Gasteiger charge is 2.29. The summed E-state index contributed by atoms with van der Waals surface area (Å²) in [5.41, 5.74) is 10.6. The van der Waals surface area contributed by atoms with Gasteiger partial charge in [-0.05, 0) is 44.2 Å². The molecule has 1 atom stereocenters. The summed E-state index contributed by atoms with van der Waals surface area (Å²) in [7, 11) is 0. The molecule has 1 aliphatic heterocycles. The number of Topliss-reactive ketones (excluding diaryl/α,β-unsaturated/α-hetero) is 2. The van der Waals surface area contributed by atoms with Crippen LogP contribution in [0.4, 0.5) is 11.6 Å². The predicted molar refractivity (Wildman–Crippen MR) is 190 cm³/mol. The van der Waals surface area contributed by atoms with Gasteiger partial charge in [0.2, 0.25) is 0 Å². The second-order valence-corrected chi connectivity index (χ2v) is 12.3. The highest BCUT2D eigenvalue weighted by Crippen LogP contribution is 2.17. The smallest absolute Gasteiger partial charge is 0.332 e. The van der Waals surface area contributed by atoms with E-state index in [2.05, 4.69) is 0 Å². The summed E-state index contributed by atoms with van der Waals surface area (Å²) in [6, 6.07) is 18.1. The molecule has 0 saturated carbocycles. The molecule has 264 valence electrons. The summed E-state index contributed by atoms with van der Waals surface area (Å²) >= 11 is 0. The Bertz CT molecular complexity index is 1950. The van der Waals surface area contributed by atoms with Gasteiger partial charge in [-0.25, -0.2) is 9.59 Å². The van der Waals surface area contributed by atoms with Crippen molar-refractivity contribution in [1.29, 1.82) is 0 Å². The molecule has 0 amide bonds. The topological polar surface area (TPSA) is 187 Å². The number of ether oxygens (including phenoxy) is 1. The molecule has 4 aromatic rings. The molecule has 0 radical (unpaired) electrons. The van der Waals surface area contributed by atoms with Gasteiger partial charge in [-0.1, -0.05) is 60.7 Å². The Morgan fingerprint density at radius 3 is 1.52 bits per heavy atom. The van der Waals surface area contributed by atoms with E-state index in [0.29, 0.717) is 13.0 Å². The van der Waals surface area contributed by atoms with E-state index in [1.807, 2.05) is 12.1 Å². The summed E-state index contributed by atoms with van der Waals surface area (Å²) in [6.45, 7) is 3.09. The Labute approximate surface area is 288 Å². The van der Waals surface area contributed by atoms with Crippen LogP contribution in [0.2, 0.25) is 0 Å². The van der Waals surface area contributed by atoms with Crippen LogP contribution in [0.3, 0.4) is 0 Å². The summed E-state index contributed by atoms with van der Waals surface area (Å²) in [5, 5.41) is 0. The Morgan fingerprint density at radius 1 is 0.700 bits per heavy atom. The van der Waals surface area contributed by atoms with Gasteiger partial charge in [0.05, 0.1) is 32.3 Å². The lowest BCUT2D eigenvalue weighted by atomic mass is 10.1. The predicted octanol–water partition coefficient (Wildman–Crippen LogP) is 1.57. The van der Waals surface area contributed by atoms with Crippen molar-refractivity contribution >= 4 is 23.2 Å². The third-order valence-electron chi connectivity index (χ3n) is 8.96. The van der Waals surface area contributed by atoms with E-state index in [1.54, 1.807) is 62.4 Å². The largest absolute Gasteiger partial charge is 0.384 e. The minimum atomic E-state index is -0.826. The SMILES string of the molecule is CCn1c(=O)c(C(=O)CN(CC(=O)c2c(N)n(Cc3ccccc3)c(=O)n(CC)c2=O)CC2CCCCO2)c(N)n(Cc2ccccc2)c1=O. The van der Waals surface area contributed by atoms with Crippen LogP contribution in [0.25, 0.3) is 0 Å². The van der Waals surface area contributed by atoms with Crippen LogP contribution in [0.15, 0.2) is 79.8 Å². The number of anilines is 2. The quantitative estimate of drug-likeness (QED) is 0.185. The number of benzene rings is 2. The Balaban J connectivity index is 1.52. The summed E-state index contributed by atoms with van der Waals surface area (Å²) in [6.07, 6.45) is 2.12. The fourth-order valence-electron chi connectivity index (χ4n) is 6.34. The van der Waals surface area contributed by atoms with Crippen LogP contribution >= 0.6 is 0 Å². The number of carbonyl (C=O) groups is 2. The number of hydrogen-bond donors (Lipinski definition) is 2. The zero-order chi connectivity index (χ0) is 35.9. The third kappa shape index (κ3) is 7.61. The van der Waals surface area contributed by atoms with Crippen LogP contribution in [0.1, 0.15) is 65.0 Å². The zero-order valence-electron chi connectivity index (χ0n) is 28.4. The average Bonchev–Trinajstić information content (AvgIpc) is 3.10. The maximum absolute atomic E-state index is 14.0. The maximum atomic E-state index is 14.0.